The van der Waals surface area contributed by atoms with E-state index < -0.39 is 5.79 Å². The summed E-state index contributed by atoms with van der Waals surface area (Å²) < 4.78 is 0. The van der Waals surface area contributed by atoms with Gasteiger partial charge in [-0.2, -0.15) is 0 Å². The molecule has 2 heteroatoms. The Morgan fingerprint density at radius 1 is 1.56 bits per heavy atom. The van der Waals surface area contributed by atoms with Gasteiger partial charge in [-0.3, -0.25) is 0 Å². The Kier molecular flexibility index (Phi) is 3.29. The summed E-state index contributed by atoms with van der Waals surface area (Å²) >= 11 is 0. The van der Waals surface area contributed by atoms with Crippen molar-refractivity contribution in [1.82, 2.24) is 0 Å². The molecule has 52 valence electrons. The molecule has 0 spiro atoms. The zero-order valence-corrected chi connectivity index (χ0v) is 5.59. The van der Waals surface area contributed by atoms with Crippen molar-refractivity contribution in [2.75, 3.05) is 0 Å². The highest BCUT2D eigenvalue weighted by Gasteiger charge is 2.17. The van der Waals surface area contributed by atoms with E-state index in [0.717, 1.165) is 0 Å². The predicted molar refractivity (Wildman–Crippen MR) is 35.5 cm³/mol. The Labute approximate surface area is 55.5 Å². The van der Waals surface area contributed by atoms with Gasteiger partial charge in [-0.25, -0.2) is 0 Å². The van der Waals surface area contributed by atoms with Crippen LogP contribution in [0.3, 0.4) is 0 Å². The molecule has 0 bridgehead atoms. The molecular formula is C7H12O2. The van der Waals surface area contributed by atoms with Gasteiger partial charge < -0.3 is 10.2 Å². The molecule has 0 aromatic carbocycles. The lowest BCUT2D eigenvalue weighted by Crippen LogP contribution is -2.26. The van der Waals surface area contributed by atoms with Crippen LogP contribution < -0.4 is 0 Å². The molecule has 2 nitrogen and oxygen atoms in total. The fourth-order valence-electron chi connectivity index (χ4n) is 0.449. The standard InChI is InChI=1S/C7H12O2/c1-3-5-6-7(8,9)4-2/h1,8-9H,4-6H2,2H3. The highest BCUT2D eigenvalue weighted by atomic mass is 16.5. The van der Waals surface area contributed by atoms with E-state index in [4.69, 9.17) is 16.6 Å². The van der Waals surface area contributed by atoms with Gasteiger partial charge in [0.25, 0.3) is 0 Å². The second-order valence-corrected chi connectivity index (χ2v) is 2.04. The second kappa shape index (κ2) is 3.49. The van der Waals surface area contributed by atoms with Crippen LogP contribution in [-0.2, 0) is 0 Å². The average Bonchev–Trinajstić information content (AvgIpc) is 1.84. The number of terminal acetylenes is 1. The van der Waals surface area contributed by atoms with Crippen molar-refractivity contribution < 1.29 is 10.2 Å². The third-order valence-corrected chi connectivity index (χ3v) is 1.24. The summed E-state index contributed by atoms with van der Waals surface area (Å²) in [5.41, 5.74) is 0. The van der Waals surface area contributed by atoms with Crippen molar-refractivity contribution in [3.63, 3.8) is 0 Å². The second-order valence-electron chi connectivity index (χ2n) is 2.04. The van der Waals surface area contributed by atoms with Gasteiger partial charge in [0.15, 0.2) is 5.79 Å². The SMILES string of the molecule is C#CCCC(O)(O)CC. The molecule has 0 saturated carbocycles. The van der Waals surface area contributed by atoms with Gasteiger partial charge in [0.05, 0.1) is 0 Å². The first-order chi connectivity index (χ1) is 4.12. The van der Waals surface area contributed by atoms with E-state index in [1.165, 1.54) is 0 Å². The molecule has 0 aromatic rings. The smallest absolute Gasteiger partial charge is 0.163 e. The zero-order valence-electron chi connectivity index (χ0n) is 5.59. The lowest BCUT2D eigenvalue weighted by molar-refractivity contribution is -0.165. The molecular weight excluding hydrogens is 116 g/mol. The number of aliphatic hydroxyl groups is 2. The van der Waals surface area contributed by atoms with Crippen molar-refractivity contribution >= 4 is 0 Å². The molecule has 0 aliphatic heterocycles. The highest BCUT2D eigenvalue weighted by Crippen LogP contribution is 2.11. The number of hydrogen-bond donors (Lipinski definition) is 2. The van der Waals surface area contributed by atoms with Gasteiger partial charge in [-0.15, -0.1) is 12.3 Å². The average molecular weight is 128 g/mol. The topological polar surface area (TPSA) is 40.5 Å². The summed E-state index contributed by atoms with van der Waals surface area (Å²) in [7, 11) is 0. The van der Waals surface area contributed by atoms with Crippen LogP contribution in [0.4, 0.5) is 0 Å². The van der Waals surface area contributed by atoms with Crippen LogP contribution in [0.1, 0.15) is 26.2 Å². The summed E-state index contributed by atoms with van der Waals surface area (Å²) in [5, 5.41) is 17.8. The molecule has 0 atom stereocenters. The number of hydrogen-bond acceptors (Lipinski definition) is 2. The van der Waals surface area contributed by atoms with Crippen molar-refractivity contribution in [3.05, 3.63) is 0 Å². The lowest BCUT2D eigenvalue weighted by Gasteiger charge is -2.17. The largest absolute Gasteiger partial charge is 0.366 e. The van der Waals surface area contributed by atoms with E-state index >= 15 is 0 Å². The van der Waals surface area contributed by atoms with E-state index in [2.05, 4.69) is 5.92 Å². The zero-order chi connectivity index (χ0) is 7.33. The number of rotatable bonds is 3. The van der Waals surface area contributed by atoms with Gasteiger partial charge in [-0.1, -0.05) is 6.92 Å². The third-order valence-electron chi connectivity index (χ3n) is 1.24. The Hall–Kier alpha value is -0.520. The van der Waals surface area contributed by atoms with Crippen LogP contribution in [0.2, 0.25) is 0 Å². The molecule has 0 aliphatic carbocycles. The molecule has 0 fully saturated rings. The van der Waals surface area contributed by atoms with Crippen molar-refractivity contribution in [1.29, 1.82) is 0 Å². The van der Waals surface area contributed by atoms with E-state index in [-0.39, 0.29) is 6.42 Å². The Morgan fingerprint density at radius 2 is 2.11 bits per heavy atom. The molecule has 0 saturated heterocycles. The molecule has 0 rings (SSSR count). The maximum absolute atomic E-state index is 8.91. The normalized spacial score (nSPS) is 10.9. The minimum absolute atomic E-state index is 0.264. The molecule has 0 amide bonds. The third kappa shape index (κ3) is 4.01. The van der Waals surface area contributed by atoms with Crippen LogP contribution in [0, 0.1) is 12.3 Å². The summed E-state index contributed by atoms with van der Waals surface area (Å²) in [6, 6.07) is 0. The molecule has 0 unspecified atom stereocenters. The van der Waals surface area contributed by atoms with Gasteiger partial charge in [0, 0.05) is 12.8 Å². The Balaban J connectivity index is 3.48. The van der Waals surface area contributed by atoms with Crippen LogP contribution >= 0.6 is 0 Å². The van der Waals surface area contributed by atoms with Crippen molar-refractivity contribution in [3.8, 4) is 12.3 Å². The minimum atomic E-state index is -1.55. The lowest BCUT2D eigenvalue weighted by atomic mass is 10.1. The van der Waals surface area contributed by atoms with Gasteiger partial charge in [0.2, 0.25) is 0 Å². The van der Waals surface area contributed by atoms with E-state index in [1.807, 2.05) is 0 Å². The van der Waals surface area contributed by atoms with Crippen LogP contribution in [0.15, 0.2) is 0 Å². The van der Waals surface area contributed by atoms with E-state index in [0.29, 0.717) is 12.8 Å². The van der Waals surface area contributed by atoms with Gasteiger partial charge >= 0.3 is 0 Å². The molecule has 2 N–H and O–H groups in total. The first-order valence-electron chi connectivity index (χ1n) is 3.00. The van der Waals surface area contributed by atoms with Crippen LogP contribution in [-0.4, -0.2) is 16.0 Å². The summed E-state index contributed by atoms with van der Waals surface area (Å²) in [6.07, 6.45) is 5.93. The molecule has 0 aliphatic rings. The molecule has 0 heterocycles. The van der Waals surface area contributed by atoms with Gasteiger partial charge in [0.1, 0.15) is 0 Å². The maximum Gasteiger partial charge on any atom is 0.163 e. The van der Waals surface area contributed by atoms with Crippen LogP contribution in [0.5, 0.6) is 0 Å². The first kappa shape index (κ1) is 8.48. The van der Waals surface area contributed by atoms with Crippen molar-refractivity contribution in [2.45, 2.75) is 32.0 Å². The first-order valence-corrected chi connectivity index (χ1v) is 3.00. The van der Waals surface area contributed by atoms with Crippen molar-refractivity contribution in [2.24, 2.45) is 0 Å². The highest BCUT2D eigenvalue weighted by molar-refractivity contribution is 4.85. The Morgan fingerprint density at radius 3 is 2.44 bits per heavy atom. The fraction of sp³-hybridized carbons (Fsp3) is 0.714. The van der Waals surface area contributed by atoms with Gasteiger partial charge in [-0.05, 0) is 6.42 Å². The summed E-state index contributed by atoms with van der Waals surface area (Å²) in [5.74, 6) is 0.789. The molecule has 0 aromatic heterocycles. The fourth-order valence-corrected chi connectivity index (χ4v) is 0.449. The van der Waals surface area contributed by atoms with Crippen LogP contribution in [0.25, 0.3) is 0 Å². The van der Waals surface area contributed by atoms with E-state index in [9.17, 15) is 0 Å². The quantitative estimate of drug-likeness (QED) is 0.429. The molecule has 0 radical (unpaired) electrons. The Bertz CT molecular complexity index is 111. The maximum atomic E-state index is 8.91. The predicted octanol–water partition coefficient (Wildman–Crippen LogP) is 0.491. The monoisotopic (exact) mass is 128 g/mol. The van der Waals surface area contributed by atoms with E-state index in [1.54, 1.807) is 6.92 Å². The minimum Gasteiger partial charge on any atom is -0.366 e. The molecule has 9 heavy (non-hydrogen) atoms. The summed E-state index contributed by atoms with van der Waals surface area (Å²) in [6.45, 7) is 1.70. The summed E-state index contributed by atoms with van der Waals surface area (Å²) in [4.78, 5) is 0.